The number of tetrazole rings is 1. The Morgan fingerprint density at radius 1 is 1.35 bits per heavy atom. The third kappa shape index (κ3) is 3.35. The Hall–Kier alpha value is -1.01. The topological polar surface area (TPSA) is 58.9 Å². The minimum atomic E-state index is 0.529. The zero-order valence-corrected chi connectivity index (χ0v) is 12.6. The Labute approximate surface area is 120 Å². The van der Waals surface area contributed by atoms with Crippen molar-refractivity contribution >= 4 is 0 Å². The second-order valence-corrected chi connectivity index (χ2v) is 6.51. The van der Waals surface area contributed by atoms with Gasteiger partial charge in [0, 0.05) is 12.6 Å². The molecule has 1 saturated carbocycles. The number of rotatable bonds is 6. The van der Waals surface area contributed by atoms with Crippen LogP contribution in [-0.2, 0) is 6.54 Å². The highest BCUT2D eigenvalue weighted by molar-refractivity contribution is 4.91. The standard InChI is InChI=1S/C14H26N6/c1-11(2)19(9-12-4-3-7-15-8-12)10-14-16-17-18-20(14)13-5-6-13/h11-13,15H,3-10H2,1-2H3. The third-order valence-electron chi connectivity index (χ3n) is 4.42. The highest BCUT2D eigenvalue weighted by Gasteiger charge is 2.29. The van der Waals surface area contributed by atoms with E-state index in [4.69, 9.17) is 0 Å². The van der Waals surface area contributed by atoms with Gasteiger partial charge in [-0.2, -0.15) is 0 Å². The molecular weight excluding hydrogens is 252 g/mol. The van der Waals surface area contributed by atoms with Gasteiger partial charge in [-0.1, -0.05) is 0 Å². The Balaban J connectivity index is 1.62. The summed E-state index contributed by atoms with van der Waals surface area (Å²) in [5.41, 5.74) is 0. The molecule has 3 rings (SSSR count). The van der Waals surface area contributed by atoms with Crippen LogP contribution in [0, 0.1) is 5.92 Å². The van der Waals surface area contributed by atoms with Crippen molar-refractivity contribution in [2.24, 2.45) is 5.92 Å². The van der Waals surface area contributed by atoms with Crippen LogP contribution in [-0.4, -0.2) is 50.8 Å². The molecule has 0 radical (unpaired) electrons. The average Bonchev–Trinajstić information content (AvgIpc) is 3.19. The van der Waals surface area contributed by atoms with E-state index in [1.165, 1.54) is 32.2 Å². The molecule has 20 heavy (non-hydrogen) atoms. The lowest BCUT2D eigenvalue weighted by molar-refractivity contribution is 0.157. The van der Waals surface area contributed by atoms with E-state index in [0.717, 1.165) is 31.4 Å². The first-order chi connectivity index (χ1) is 9.74. The molecule has 1 N–H and O–H groups in total. The van der Waals surface area contributed by atoms with Crippen molar-refractivity contribution in [2.75, 3.05) is 19.6 Å². The fourth-order valence-electron chi connectivity index (χ4n) is 2.97. The number of piperidine rings is 1. The molecule has 0 bridgehead atoms. The molecule has 1 aromatic rings. The lowest BCUT2D eigenvalue weighted by Gasteiger charge is -2.32. The minimum Gasteiger partial charge on any atom is -0.316 e. The van der Waals surface area contributed by atoms with E-state index in [9.17, 15) is 0 Å². The maximum atomic E-state index is 4.24. The summed E-state index contributed by atoms with van der Waals surface area (Å²) in [6.45, 7) is 8.87. The molecule has 2 aliphatic rings. The summed E-state index contributed by atoms with van der Waals surface area (Å²) in [6, 6.07) is 1.09. The predicted molar refractivity (Wildman–Crippen MR) is 77.2 cm³/mol. The Morgan fingerprint density at radius 3 is 2.85 bits per heavy atom. The van der Waals surface area contributed by atoms with Gasteiger partial charge < -0.3 is 5.32 Å². The van der Waals surface area contributed by atoms with Gasteiger partial charge in [-0.3, -0.25) is 4.90 Å². The van der Waals surface area contributed by atoms with Gasteiger partial charge >= 0.3 is 0 Å². The number of nitrogens with zero attached hydrogens (tertiary/aromatic N) is 5. The molecule has 1 aromatic heterocycles. The number of aromatic nitrogens is 4. The highest BCUT2D eigenvalue weighted by atomic mass is 15.6. The van der Waals surface area contributed by atoms with Crippen LogP contribution in [0.2, 0.25) is 0 Å². The summed E-state index contributed by atoms with van der Waals surface area (Å²) in [5.74, 6) is 1.79. The van der Waals surface area contributed by atoms with Gasteiger partial charge in [0.2, 0.25) is 0 Å². The molecule has 0 amide bonds. The Morgan fingerprint density at radius 2 is 2.20 bits per heavy atom. The van der Waals surface area contributed by atoms with Gasteiger partial charge in [0.1, 0.15) is 0 Å². The zero-order valence-electron chi connectivity index (χ0n) is 12.6. The summed E-state index contributed by atoms with van der Waals surface area (Å²) < 4.78 is 2.04. The molecule has 112 valence electrons. The van der Waals surface area contributed by atoms with Crippen molar-refractivity contribution < 1.29 is 0 Å². The number of nitrogens with one attached hydrogen (secondary N) is 1. The van der Waals surface area contributed by atoms with Crippen molar-refractivity contribution in [1.29, 1.82) is 0 Å². The smallest absolute Gasteiger partial charge is 0.165 e. The molecule has 0 aromatic carbocycles. The van der Waals surface area contributed by atoms with Crippen LogP contribution < -0.4 is 5.32 Å². The molecule has 1 atom stereocenters. The number of hydrogen-bond acceptors (Lipinski definition) is 5. The summed E-state index contributed by atoms with van der Waals surface area (Å²) in [4.78, 5) is 2.52. The molecule has 6 heteroatoms. The molecule has 2 heterocycles. The third-order valence-corrected chi connectivity index (χ3v) is 4.42. The van der Waals surface area contributed by atoms with Crippen LogP contribution in [0.1, 0.15) is 51.4 Å². The van der Waals surface area contributed by atoms with Gasteiger partial charge in [-0.25, -0.2) is 4.68 Å². The molecule has 1 saturated heterocycles. The van der Waals surface area contributed by atoms with Gasteiger partial charge in [0.25, 0.3) is 0 Å². The van der Waals surface area contributed by atoms with E-state index in [1.807, 2.05) is 4.68 Å². The molecule has 1 aliphatic carbocycles. The van der Waals surface area contributed by atoms with E-state index < -0.39 is 0 Å². The molecule has 0 spiro atoms. The number of hydrogen-bond donors (Lipinski definition) is 1. The zero-order chi connectivity index (χ0) is 13.9. The normalized spacial score (nSPS) is 23.7. The summed E-state index contributed by atoms with van der Waals surface area (Å²) in [7, 11) is 0. The van der Waals surface area contributed by atoms with E-state index in [2.05, 4.69) is 39.6 Å². The van der Waals surface area contributed by atoms with Crippen LogP contribution in [0.4, 0.5) is 0 Å². The Kier molecular flexibility index (Phi) is 4.31. The van der Waals surface area contributed by atoms with E-state index in [0.29, 0.717) is 12.1 Å². The maximum absolute atomic E-state index is 4.24. The first-order valence-electron chi connectivity index (χ1n) is 7.95. The molecular formula is C14H26N6. The van der Waals surface area contributed by atoms with E-state index in [1.54, 1.807) is 0 Å². The quantitative estimate of drug-likeness (QED) is 0.848. The van der Waals surface area contributed by atoms with E-state index in [-0.39, 0.29) is 0 Å². The molecule has 2 fully saturated rings. The second-order valence-electron chi connectivity index (χ2n) is 6.51. The summed E-state index contributed by atoms with van der Waals surface area (Å²) >= 11 is 0. The first kappa shape index (κ1) is 13.9. The lowest BCUT2D eigenvalue weighted by atomic mass is 9.98. The van der Waals surface area contributed by atoms with Crippen LogP contribution in [0.15, 0.2) is 0 Å². The van der Waals surface area contributed by atoms with Crippen molar-refractivity contribution in [3.05, 3.63) is 5.82 Å². The minimum absolute atomic E-state index is 0.529. The Bertz CT molecular complexity index is 419. The largest absolute Gasteiger partial charge is 0.316 e. The predicted octanol–water partition coefficient (Wildman–Crippen LogP) is 1.22. The molecule has 1 unspecified atom stereocenters. The summed E-state index contributed by atoms with van der Waals surface area (Å²) in [6.07, 6.45) is 5.10. The second kappa shape index (κ2) is 6.18. The van der Waals surface area contributed by atoms with Crippen LogP contribution in [0.5, 0.6) is 0 Å². The van der Waals surface area contributed by atoms with Crippen molar-refractivity contribution in [1.82, 2.24) is 30.4 Å². The fourth-order valence-corrected chi connectivity index (χ4v) is 2.97. The van der Waals surface area contributed by atoms with Crippen molar-refractivity contribution in [2.45, 2.75) is 58.2 Å². The monoisotopic (exact) mass is 278 g/mol. The van der Waals surface area contributed by atoms with Crippen molar-refractivity contribution in [3.8, 4) is 0 Å². The molecule has 1 aliphatic heterocycles. The van der Waals surface area contributed by atoms with Gasteiger partial charge in [0.05, 0.1) is 12.6 Å². The highest BCUT2D eigenvalue weighted by Crippen LogP contribution is 2.34. The van der Waals surface area contributed by atoms with Crippen LogP contribution in [0.25, 0.3) is 0 Å². The van der Waals surface area contributed by atoms with Gasteiger partial charge in [-0.15, -0.1) is 5.10 Å². The van der Waals surface area contributed by atoms with Crippen LogP contribution in [0.3, 0.4) is 0 Å². The fraction of sp³-hybridized carbons (Fsp3) is 0.929. The van der Waals surface area contributed by atoms with Crippen molar-refractivity contribution in [3.63, 3.8) is 0 Å². The molecule has 6 nitrogen and oxygen atoms in total. The first-order valence-corrected chi connectivity index (χ1v) is 7.95. The van der Waals surface area contributed by atoms with Crippen LogP contribution >= 0.6 is 0 Å². The average molecular weight is 278 g/mol. The van der Waals surface area contributed by atoms with Gasteiger partial charge in [0.15, 0.2) is 5.82 Å². The van der Waals surface area contributed by atoms with E-state index >= 15 is 0 Å². The summed E-state index contributed by atoms with van der Waals surface area (Å²) in [5, 5.41) is 15.8. The maximum Gasteiger partial charge on any atom is 0.165 e. The SMILES string of the molecule is CC(C)N(Cc1nnnn1C1CC1)CC1CCCNC1. The van der Waals surface area contributed by atoms with Gasteiger partial charge in [-0.05, 0) is 69.0 Å². The lowest BCUT2D eigenvalue weighted by Crippen LogP contribution is -2.41.